The number of hydrogen-bond donors (Lipinski definition) is 4. The molecule has 4 rings (SSSR count). The first kappa shape index (κ1) is 28.4. The molecule has 0 radical (unpaired) electrons. The van der Waals surface area contributed by atoms with Gasteiger partial charge in [-0.05, 0) is 36.8 Å². The number of phenols is 3. The van der Waals surface area contributed by atoms with Crippen molar-refractivity contribution in [3.05, 3.63) is 64.3 Å². The fourth-order valence-corrected chi connectivity index (χ4v) is 4.35. The molecular formula is C29H30O11. The van der Waals surface area contributed by atoms with Crippen LogP contribution in [0.4, 0.5) is 0 Å². The molecular weight excluding hydrogens is 524 g/mol. The number of aliphatic hydroxyl groups is 1. The molecule has 0 fully saturated rings. The van der Waals surface area contributed by atoms with Crippen molar-refractivity contribution in [2.45, 2.75) is 19.1 Å². The van der Waals surface area contributed by atoms with Gasteiger partial charge in [0.05, 0.1) is 27.9 Å². The lowest BCUT2D eigenvalue weighted by atomic mass is 10.0. The van der Waals surface area contributed by atoms with Gasteiger partial charge in [0.15, 0.2) is 34.5 Å². The highest BCUT2D eigenvalue weighted by Crippen LogP contribution is 2.44. The number of aliphatic hydroxyl groups excluding tert-OH is 1. The Morgan fingerprint density at radius 3 is 2.12 bits per heavy atom. The van der Waals surface area contributed by atoms with Crippen molar-refractivity contribution in [2.75, 3.05) is 34.5 Å². The standard InChI is InChI=1S/C29H30O11/c1-5-38-28(15-6-7-18(32)22(8-15)35-2)26(14-30)40-29-24(36-3)9-16(10-25(29)37-4)21-13-20(34)27-19(33)11-17(31)12-23(27)39-21/h6-13,26,28,30-33H,5,14H2,1-4H3/t26-,28-/m0/s1. The number of phenolic OH excluding ortho intramolecular Hbond substituents is 3. The van der Waals surface area contributed by atoms with E-state index in [0.717, 1.165) is 6.07 Å². The highest BCUT2D eigenvalue weighted by atomic mass is 16.6. The maximum absolute atomic E-state index is 12.7. The molecule has 40 heavy (non-hydrogen) atoms. The first-order chi connectivity index (χ1) is 19.2. The summed E-state index contributed by atoms with van der Waals surface area (Å²) in [5, 5.41) is 40.2. The Bertz CT molecular complexity index is 1540. The molecule has 1 heterocycles. The molecule has 4 aromatic rings. The van der Waals surface area contributed by atoms with Crippen LogP contribution in [0.2, 0.25) is 0 Å². The van der Waals surface area contributed by atoms with Crippen molar-refractivity contribution in [3.63, 3.8) is 0 Å². The summed E-state index contributed by atoms with van der Waals surface area (Å²) in [6.07, 6.45) is -1.70. The molecule has 0 aliphatic heterocycles. The summed E-state index contributed by atoms with van der Waals surface area (Å²) in [7, 11) is 4.25. The van der Waals surface area contributed by atoms with Crippen LogP contribution in [0, 0.1) is 0 Å². The van der Waals surface area contributed by atoms with Crippen LogP contribution >= 0.6 is 0 Å². The van der Waals surface area contributed by atoms with Gasteiger partial charge in [0.1, 0.15) is 34.3 Å². The van der Waals surface area contributed by atoms with Crippen LogP contribution in [0.15, 0.2) is 57.7 Å². The van der Waals surface area contributed by atoms with E-state index in [9.17, 15) is 25.2 Å². The predicted octanol–water partition coefficient (Wildman–Crippen LogP) is 4.12. The van der Waals surface area contributed by atoms with E-state index in [-0.39, 0.29) is 51.2 Å². The Labute approximate surface area is 229 Å². The molecule has 0 saturated carbocycles. The van der Waals surface area contributed by atoms with Gasteiger partial charge in [0, 0.05) is 30.4 Å². The lowest BCUT2D eigenvalue weighted by molar-refractivity contribution is -0.0452. The van der Waals surface area contributed by atoms with Crippen LogP contribution in [0.25, 0.3) is 22.3 Å². The Balaban J connectivity index is 1.77. The van der Waals surface area contributed by atoms with E-state index in [1.54, 1.807) is 31.2 Å². The van der Waals surface area contributed by atoms with Gasteiger partial charge in [0.2, 0.25) is 5.75 Å². The van der Waals surface area contributed by atoms with Gasteiger partial charge in [-0.2, -0.15) is 0 Å². The number of hydrogen-bond acceptors (Lipinski definition) is 11. The molecule has 0 unspecified atom stereocenters. The topological polar surface area (TPSA) is 157 Å². The number of methoxy groups -OCH3 is 3. The summed E-state index contributed by atoms with van der Waals surface area (Å²) in [6.45, 7) is 1.65. The van der Waals surface area contributed by atoms with Crippen molar-refractivity contribution < 1.29 is 48.5 Å². The quantitative estimate of drug-likeness (QED) is 0.211. The smallest absolute Gasteiger partial charge is 0.204 e. The zero-order chi connectivity index (χ0) is 29.0. The van der Waals surface area contributed by atoms with Crippen LogP contribution in [0.5, 0.6) is 40.2 Å². The zero-order valence-corrected chi connectivity index (χ0v) is 22.3. The fourth-order valence-electron chi connectivity index (χ4n) is 4.35. The molecule has 0 saturated heterocycles. The lowest BCUT2D eigenvalue weighted by Gasteiger charge is -2.28. The molecule has 0 spiro atoms. The SMILES string of the molecule is CCO[C@@H](c1ccc(O)c(OC)c1)[C@H](CO)Oc1c(OC)cc(-c2cc(=O)c3c(O)cc(O)cc3o2)cc1OC. The van der Waals surface area contributed by atoms with Crippen LogP contribution in [-0.2, 0) is 4.74 Å². The Morgan fingerprint density at radius 1 is 0.850 bits per heavy atom. The number of aromatic hydroxyl groups is 3. The van der Waals surface area contributed by atoms with Crippen molar-refractivity contribution >= 4 is 11.0 Å². The Kier molecular flexibility index (Phi) is 8.56. The molecule has 11 nitrogen and oxygen atoms in total. The van der Waals surface area contributed by atoms with E-state index in [2.05, 4.69) is 0 Å². The normalized spacial score (nSPS) is 12.6. The number of rotatable bonds is 11. The van der Waals surface area contributed by atoms with Gasteiger partial charge in [-0.3, -0.25) is 4.79 Å². The second kappa shape index (κ2) is 12.1. The zero-order valence-electron chi connectivity index (χ0n) is 22.3. The monoisotopic (exact) mass is 554 g/mol. The maximum atomic E-state index is 12.7. The molecule has 212 valence electrons. The summed E-state index contributed by atoms with van der Waals surface area (Å²) in [5.41, 5.74) is 0.446. The minimum atomic E-state index is -0.938. The van der Waals surface area contributed by atoms with E-state index < -0.39 is 30.0 Å². The third-order valence-corrected chi connectivity index (χ3v) is 6.21. The minimum absolute atomic E-state index is 0.0116. The second-order valence-corrected chi connectivity index (χ2v) is 8.67. The summed E-state index contributed by atoms with van der Waals surface area (Å²) in [5.74, 6) is 0.188. The molecule has 0 bridgehead atoms. The van der Waals surface area contributed by atoms with Gasteiger partial charge in [-0.15, -0.1) is 0 Å². The van der Waals surface area contributed by atoms with Crippen molar-refractivity contribution in [1.82, 2.24) is 0 Å². The van der Waals surface area contributed by atoms with Gasteiger partial charge in [-0.25, -0.2) is 0 Å². The molecule has 1 aromatic heterocycles. The largest absolute Gasteiger partial charge is 0.508 e. The molecule has 0 amide bonds. The average molecular weight is 555 g/mol. The van der Waals surface area contributed by atoms with Crippen LogP contribution < -0.4 is 24.4 Å². The van der Waals surface area contributed by atoms with Gasteiger partial charge in [-0.1, -0.05) is 6.07 Å². The van der Waals surface area contributed by atoms with Crippen LogP contribution in [-0.4, -0.2) is 61.1 Å². The molecule has 0 aliphatic carbocycles. The average Bonchev–Trinajstić information content (AvgIpc) is 2.94. The highest BCUT2D eigenvalue weighted by Gasteiger charge is 2.29. The molecule has 11 heteroatoms. The van der Waals surface area contributed by atoms with Crippen molar-refractivity contribution in [2.24, 2.45) is 0 Å². The highest BCUT2D eigenvalue weighted by molar-refractivity contribution is 5.86. The van der Waals surface area contributed by atoms with Crippen molar-refractivity contribution in [1.29, 1.82) is 0 Å². The molecule has 3 aromatic carbocycles. The van der Waals surface area contributed by atoms with E-state index >= 15 is 0 Å². The molecule has 0 aliphatic rings. The van der Waals surface area contributed by atoms with E-state index in [1.165, 1.54) is 39.5 Å². The molecule has 4 N–H and O–H groups in total. The number of benzene rings is 3. The third-order valence-electron chi connectivity index (χ3n) is 6.21. The lowest BCUT2D eigenvalue weighted by Crippen LogP contribution is -2.31. The summed E-state index contributed by atoms with van der Waals surface area (Å²) < 4.78 is 34.3. The van der Waals surface area contributed by atoms with E-state index in [0.29, 0.717) is 17.7 Å². The van der Waals surface area contributed by atoms with Crippen LogP contribution in [0.1, 0.15) is 18.6 Å². The minimum Gasteiger partial charge on any atom is -0.508 e. The van der Waals surface area contributed by atoms with Gasteiger partial charge >= 0.3 is 0 Å². The summed E-state index contributed by atoms with van der Waals surface area (Å²) in [6, 6.07) is 11.3. The van der Waals surface area contributed by atoms with E-state index in [4.69, 9.17) is 28.1 Å². The first-order valence-electron chi connectivity index (χ1n) is 12.3. The predicted molar refractivity (Wildman–Crippen MR) is 145 cm³/mol. The van der Waals surface area contributed by atoms with E-state index in [1.807, 2.05) is 0 Å². The Hall–Kier alpha value is -4.61. The van der Waals surface area contributed by atoms with Gasteiger partial charge in [0.25, 0.3) is 0 Å². The third kappa shape index (κ3) is 5.56. The Morgan fingerprint density at radius 2 is 1.52 bits per heavy atom. The maximum Gasteiger partial charge on any atom is 0.204 e. The summed E-state index contributed by atoms with van der Waals surface area (Å²) >= 11 is 0. The fraction of sp³-hybridized carbons (Fsp3) is 0.276. The summed E-state index contributed by atoms with van der Waals surface area (Å²) in [4.78, 5) is 12.7. The first-order valence-corrected chi connectivity index (χ1v) is 12.3. The molecule has 2 atom stereocenters. The number of ether oxygens (including phenoxy) is 5. The number of fused-ring (bicyclic) bond motifs is 1. The van der Waals surface area contributed by atoms with Crippen molar-refractivity contribution in [3.8, 4) is 51.6 Å². The van der Waals surface area contributed by atoms with Gasteiger partial charge < -0.3 is 48.5 Å². The van der Waals surface area contributed by atoms with Crippen LogP contribution in [0.3, 0.4) is 0 Å². The second-order valence-electron chi connectivity index (χ2n) is 8.67.